The van der Waals surface area contributed by atoms with E-state index < -0.39 is 22.4 Å². The lowest BCUT2D eigenvalue weighted by Gasteiger charge is -2.36. The summed E-state index contributed by atoms with van der Waals surface area (Å²) in [5.74, 6) is -0.646. The van der Waals surface area contributed by atoms with Crippen LogP contribution in [0.4, 0.5) is 20.6 Å². The summed E-state index contributed by atoms with van der Waals surface area (Å²) in [5.41, 5.74) is 98.9. The van der Waals surface area contributed by atoms with Crippen LogP contribution in [0.15, 0.2) is 261 Å². The van der Waals surface area contributed by atoms with Gasteiger partial charge in [-0.3, -0.25) is 10.1 Å². The number of ether oxygens (including phenoxy) is 1. The van der Waals surface area contributed by atoms with Crippen molar-refractivity contribution >= 4 is 17.5 Å². The zero-order chi connectivity index (χ0) is 47.5. The van der Waals surface area contributed by atoms with Gasteiger partial charge in [-0.25, -0.2) is 9.18 Å². The van der Waals surface area contributed by atoms with E-state index in [0.717, 1.165) is 6.07 Å². The summed E-state index contributed by atoms with van der Waals surface area (Å²) in [5, 5.41) is 11.1. The molecule has 1 aromatic carbocycles. The van der Waals surface area contributed by atoms with E-state index in [9.17, 15) is 19.3 Å². The van der Waals surface area contributed by atoms with Crippen LogP contribution in [0.5, 0.6) is 0 Å². The topological polar surface area (TPSA) is 75.9 Å². The summed E-state index contributed by atoms with van der Waals surface area (Å²) in [4.78, 5) is 25.8. The van der Waals surface area contributed by atoms with Crippen LogP contribution in [0.3, 0.4) is 0 Å². The third-order valence-electron chi connectivity index (χ3n) is 5.90. The highest BCUT2D eigenvalue weighted by molar-refractivity contribution is 5.69. The summed E-state index contributed by atoms with van der Waals surface area (Å²) in [6.07, 6.45) is -0.397. The smallest absolute Gasteiger partial charge is 0.410 e. The summed E-state index contributed by atoms with van der Waals surface area (Å²) in [6, 6.07) is 3.51. The molecule has 0 aliphatic carbocycles. The van der Waals surface area contributed by atoms with Crippen LogP contribution >= 0.6 is 0 Å². The summed E-state index contributed by atoms with van der Waals surface area (Å²) < 4.78 is 18.5. The second-order valence-corrected chi connectivity index (χ2v) is 11.4. The largest absolute Gasteiger partial charge is 0.444 e. The molecule has 1 saturated heterocycles. The number of piperazine rings is 1. The van der Waals surface area contributed by atoms with E-state index in [2.05, 4.69) is 242 Å². The minimum Gasteiger partial charge on any atom is -0.444 e. The molecule has 0 N–H and O–H groups in total. The van der Waals surface area contributed by atoms with Gasteiger partial charge in [0.2, 0.25) is 0 Å². The predicted octanol–water partition coefficient (Wildman–Crippen LogP) is 9.80. The average molecular weight is 834 g/mol. The standard InChI is InChI=1S/C42H4.C15H20FN3O4/c1-3-5-7-9-11-13-15-17-19-21-23-25-27-29-31-33-35-37-39-41-42-40-38-36-34-32-30-28-26-24-22-20-18-16-14-12-10-8-6-4-2;1-15(2,3)23-14(20)18-8-6-17(7-9-18)12-5-4-11(16)10-13(12)19(21)22/h1-2H2;4-5,10H,6-9H2,1-3H3. The van der Waals surface area contributed by atoms with Crippen LogP contribution in [0.25, 0.3) is 0 Å². The van der Waals surface area contributed by atoms with Crippen LogP contribution < -0.4 is 4.90 Å². The lowest BCUT2D eigenvalue weighted by atomic mass is 10.2. The molecule has 0 radical (unpaired) electrons. The number of nitro groups is 1. The minimum absolute atomic E-state index is 0.268. The second kappa shape index (κ2) is 34.6. The third kappa shape index (κ3) is 29.4. The van der Waals surface area contributed by atoms with Gasteiger partial charge >= 0.3 is 6.09 Å². The van der Waals surface area contributed by atoms with Crippen LogP contribution in [-0.2, 0) is 4.74 Å². The highest BCUT2D eigenvalue weighted by Gasteiger charge is 2.28. The molecule has 2 rings (SSSR count). The number of carbonyl (C=O) groups excluding carboxylic acids is 1. The van der Waals surface area contributed by atoms with E-state index in [4.69, 9.17) is 4.74 Å². The number of nitrogens with zero attached hydrogens (tertiary/aromatic N) is 3. The molecule has 1 heterocycles. The van der Waals surface area contributed by atoms with Crippen molar-refractivity contribution in [3.8, 4) is 0 Å². The lowest BCUT2D eigenvalue weighted by Crippen LogP contribution is -2.50. The fraction of sp³-hybridized carbons (Fsp3) is 0.140. The van der Waals surface area contributed by atoms with Gasteiger partial charge in [-0.2, -0.15) is 0 Å². The van der Waals surface area contributed by atoms with E-state index in [1.807, 2.05) is 0 Å². The van der Waals surface area contributed by atoms with E-state index in [0.29, 0.717) is 31.9 Å². The van der Waals surface area contributed by atoms with Crippen molar-refractivity contribution in [1.29, 1.82) is 0 Å². The number of benzene rings is 1. The van der Waals surface area contributed by atoms with Crippen LogP contribution in [0, 0.1) is 15.9 Å². The Labute approximate surface area is 373 Å². The zero-order valence-electron chi connectivity index (χ0n) is 34.8. The van der Waals surface area contributed by atoms with Crippen molar-refractivity contribution in [2.75, 3.05) is 31.1 Å². The maximum atomic E-state index is 13.2. The molecular weight excluding hydrogens is 810 g/mol. The fourth-order valence-electron chi connectivity index (χ4n) is 3.58. The Kier molecular flexibility index (Phi) is 27.4. The van der Waals surface area contributed by atoms with Crippen LogP contribution in [0.2, 0.25) is 0 Å². The number of hydrogen-bond donors (Lipinski definition) is 0. The molecule has 1 aliphatic heterocycles. The van der Waals surface area contributed by atoms with Gasteiger partial charge < -0.3 is 14.5 Å². The number of amides is 1. The Morgan fingerprint density at radius 3 is 1.02 bits per heavy atom. The number of nitro benzene ring substituents is 1. The highest BCUT2D eigenvalue weighted by atomic mass is 19.1. The van der Waals surface area contributed by atoms with E-state index >= 15 is 0 Å². The molecule has 0 bridgehead atoms. The van der Waals surface area contributed by atoms with Crippen molar-refractivity contribution in [3.05, 3.63) is 277 Å². The molecular formula is C57H24FN3O4. The van der Waals surface area contributed by atoms with Gasteiger partial charge in [0.1, 0.15) is 17.1 Å². The van der Waals surface area contributed by atoms with Crippen molar-refractivity contribution in [2.45, 2.75) is 26.4 Å². The summed E-state index contributed by atoms with van der Waals surface area (Å²) in [7, 11) is 0. The molecule has 7 nitrogen and oxygen atoms in total. The molecule has 0 aromatic heterocycles. The molecule has 0 atom stereocenters. The first kappa shape index (κ1) is 51.6. The van der Waals surface area contributed by atoms with Crippen molar-refractivity contribution < 1.29 is 18.8 Å². The first-order valence-corrected chi connectivity index (χ1v) is 17.8. The predicted molar refractivity (Wildman–Crippen MR) is 235 cm³/mol. The number of rotatable bonds is 2. The van der Waals surface area contributed by atoms with Crippen molar-refractivity contribution in [1.82, 2.24) is 4.90 Å². The number of carbonyl (C=O) groups is 1. The molecule has 0 saturated carbocycles. The molecule has 1 fully saturated rings. The molecule has 1 amide bonds. The monoisotopic (exact) mass is 833 g/mol. The van der Waals surface area contributed by atoms with Crippen LogP contribution in [-0.4, -0.2) is 47.7 Å². The molecule has 1 aliphatic rings. The highest BCUT2D eigenvalue weighted by Crippen LogP contribution is 2.29. The molecule has 0 spiro atoms. The molecule has 298 valence electrons. The normalized spacial score (nSPS) is 8.00. The molecule has 8 heteroatoms. The Morgan fingerprint density at radius 2 is 0.785 bits per heavy atom. The number of halogens is 1. The van der Waals surface area contributed by atoms with Gasteiger partial charge in [-0.05, 0) is 138 Å². The Hall–Kier alpha value is -11.4. The zero-order valence-corrected chi connectivity index (χ0v) is 34.8. The van der Waals surface area contributed by atoms with Gasteiger partial charge in [0.15, 0.2) is 0 Å². The maximum Gasteiger partial charge on any atom is 0.410 e. The lowest BCUT2D eigenvalue weighted by molar-refractivity contribution is -0.384. The molecule has 65 heavy (non-hydrogen) atoms. The van der Waals surface area contributed by atoms with Crippen LogP contribution in [0.1, 0.15) is 20.8 Å². The Balaban J connectivity index is 0.000000765. The van der Waals surface area contributed by atoms with Crippen molar-refractivity contribution in [3.63, 3.8) is 0 Å². The Morgan fingerprint density at radius 1 is 0.523 bits per heavy atom. The third-order valence-corrected chi connectivity index (χ3v) is 5.90. The van der Waals surface area contributed by atoms with Gasteiger partial charge in [-0.1, -0.05) is 11.5 Å². The van der Waals surface area contributed by atoms with Gasteiger partial charge in [0, 0.05) is 152 Å². The fourth-order valence-corrected chi connectivity index (χ4v) is 3.58. The van der Waals surface area contributed by atoms with Gasteiger partial charge in [-0.15, -0.1) is 0 Å². The SMILES string of the molecule is C=C=C=C=C=C=C=C=C=C=C=C=C=C=C=C=C=C=C=C=C=C=C=C=C=C=C=C=C=C=C=C=C=C=C=C=C=C=C=C=C=C.CC(C)(C)OC(=O)N1CCN(c2ccc(F)cc2[N+](=O)[O-])CC1. The average Bonchev–Trinajstić information content (AvgIpc) is 3.28. The first-order chi connectivity index (χ1) is 31.6. The minimum atomic E-state index is -0.646. The Bertz CT molecular complexity index is 3560. The maximum absolute atomic E-state index is 13.2. The second-order valence-electron chi connectivity index (χ2n) is 11.4. The van der Waals surface area contributed by atoms with E-state index in [1.165, 1.54) is 12.1 Å². The van der Waals surface area contributed by atoms with E-state index in [1.54, 1.807) is 30.6 Å². The number of anilines is 1. The quantitative estimate of drug-likeness (QED) is 0.169. The summed E-state index contributed by atoms with van der Waals surface area (Å²) in [6.45, 7) is 13.6. The van der Waals surface area contributed by atoms with Gasteiger partial charge in [0.05, 0.1) is 11.0 Å². The summed E-state index contributed by atoms with van der Waals surface area (Å²) >= 11 is 0. The number of hydrogen-bond acceptors (Lipinski definition) is 5. The van der Waals surface area contributed by atoms with Crippen molar-refractivity contribution in [2.24, 2.45) is 0 Å². The first-order valence-electron chi connectivity index (χ1n) is 17.8. The van der Waals surface area contributed by atoms with Gasteiger partial charge in [0.25, 0.3) is 5.69 Å². The van der Waals surface area contributed by atoms with E-state index in [-0.39, 0.29) is 5.69 Å². The molecule has 1 aromatic rings. The molecule has 0 unspecified atom stereocenters.